The molecule has 3 rings (SSSR count). The van der Waals surface area contributed by atoms with E-state index in [9.17, 15) is 5.11 Å². The molecule has 31 heavy (non-hydrogen) atoms. The van der Waals surface area contributed by atoms with E-state index in [1.165, 1.54) is 11.1 Å². The highest BCUT2D eigenvalue weighted by atomic mass is 16.5. The molecule has 1 aromatic heterocycles. The van der Waals surface area contributed by atoms with Crippen LogP contribution in [0.4, 0.5) is 0 Å². The number of hydrogen-bond donors (Lipinski definition) is 1. The smallest absolute Gasteiger partial charge is 0.221 e. The third-order valence-electron chi connectivity index (χ3n) is 6.76. The SMILES string of the molecule is CCCC(c1c(C)nc(-c2c(CC)cccc2CC)nc1OC)N1CCC(CO)CC1. The monoisotopic (exact) mass is 425 g/mol. The summed E-state index contributed by atoms with van der Waals surface area (Å²) in [5.74, 6) is 1.91. The van der Waals surface area contributed by atoms with E-state index < -0.39 is 0 Å². The number of piperidine rings is 1. The van der Waals surface area contributed by atoms with Gasteiger partial charge in [-0.15, -0.1) is 0 Å². The number of hydrogen-bond acceptors (Lipinski definition) is 5. The number of ether oxygens (including phenoxy) is 1. The van der Waals surface area contributed by atoms with Gasteiger partial charge in [0, 0.05) is 18.2 Å². The van der Waals surface area contributed by atoms with E-state index in [4.69, 9.17) is 14.7 Å². The van der Waals surface area contributed by atoms with Crippen molar-refractivity contribution >= 4 is 0 Å². The highest BCUT2D eigenvalue weighted by Gasteiger charge is 2.30. The van der Waals surface area contributed by atoms with Gasteiger partial charge in [0.15, 0.2) is 5.82 Å². The molecule has 1 aromatic carbocycles. The van der Waals surface area contributed by atoms with Gasteiger partial charge in [-0.3, -0.25) is 4.90 Å². The van der Waals surface area contributed by atoms with E-state index in [2.05, 4.69) is 50.8 Å². The number of aliphatic hydroxyl groups excluding tert-OH is 1. The number of rotatable bonds is 9. The number of benzene rings is 1. The van der Waals surface area contributed by atoms with Crippen molar-refractivity contribution in [3.05, 3.63) is 40.6 Å². The second-order valence-electron chi connectivity index (χ2n) is 8.68. The van der Waals surface area contributed by atoms with Gasteiger partial charge >= 0.3 is 0 Å². The van der Waals surface area contributed by atoms with Crippen molar-refractivity contribution in [3.63, 3.8) is 0 Å². The number of nitrogens with zero attached hydrogens (tertiary/aromatic N) is 3. The lowest BCUT2D eigenvalue weighted by atomic mass is 9.92. The minimum Gasteiger partial charge on any atom is -0.481 e. The first-order valence-corrected chi connectivity index (χ1v) is 12.0. The largest absolute Gasteiger partial charge is 0.481 e. The van der Waals surface area contributed by atoms with Crippen LogP contribution in [0, 0.1) is 12.8 Å². The van der Waals surface area contributed by atoms with Gasteiger partial charge in [-0.1, -0.05) is 45.4 Å². The summed E-state index contributed by atoms with van der Waals surface area (Å²) in [6, 6.07) is 6.74. The van der Waals surface area contributed by atoms with Crippen LogP contribution in [-0.2, 0) is 12.8 Å². The molecule has 170 valence electrons. The van der Waals surface area contributed by atoms with E-state index in [0.29, 0.717) is 18.4 Å². The quantitative estimate of drug-likeness (QED) is 0.603. The van der Waals surface area contributed by atoms with Gasteiger partial charge < -0.3 is 9.84 Å². The Kier molecular flexibility index (Phi) is 8.44. The first-order chi connectivity index (χ1) is 15.1. The Labute approximate surface area is 187 Å². The molecular formula is C26H39N3O2. The zero-order chi connectivity index (χ0) is 22.4. The molecule has 0 bridgehead atoms. The van der Waals surface area contributed by atoms with Crippen LogP contribution in [0.15, 0.2) is 18.2 Å². The maximum absolute atomic E-state index is 9.53. The second-order valence-corrected chi connectivity index (χ2v) is 8.68. The number of aryl methyl sites for hydroxylation is 3. The maximum Gasteiger partial charge on any atom is 0.221 e. The van der Waals surface area contributed by atoms with Crippen LogP contribution in [0.5, 0.6) is 5.88 Å². The highest BCUT2D eigenvalue weighted by Crippen LogP contribution is 2.38. The van der Waals surface area contributed by atoms with E-state index in [1.807, 2.05) is 0 Å². The normalized spacial score (nSPS) is 16.5. The Morgan fingerprint density at radius 2 is 1.74 bits per heavy atom. The van der Waals surface area contributed by atoms with Gasteiger partial charge in [-0.2, -0.15) is 4.98 Å². The molecule has 0 saturated carbocycles. The van der Waals surface area contributed by atoms with Gasteiger partial charge in [-0.05, 0) is 69.2 Å². The minimum atomic E-state index is 0.251. The van der Waals surface area contributed by atoms with Crippen LogP contribution in [-0.4, -0.2) is 46.8 Å². The zero-order valence-electron chi connectivity index (χ0n) is 19.9. The maximum atomic E-state index is 9.53. The predicted octanol–water partition coefficient (Wildman–Crippen LogP) is 5.13. The molecule has 2 heterocycles. The van der Waals surface area contributed by atoms with Crippen molar-refractivity contribution in [1.29, 1.82) is 0 Å². The van der Waals surface area contributed by atoms with Gasteiger partial charge in [0.2, 0.25) is 5.88 Å². The predicted molar refractivity (Wildman–Crippen MR) is 127 cm³/mol. The Hall–Kier alpha value is -1.98. The Bertz CT molecular complexity index is 838. The molecule has 0 aliphatic carbocycles. The van der Waals surface area contributed by atoms with E-state index in [1.54, 1.807) is 7.11 Å². The van der Waals surface area contributed by atoms with Crippen molar-refractivity contribution in [3.8, 4) is 17.3 Å². The fourth-order valence-electron chi connectivity index (χ4n) is 4.97. The fraction of sp³-hybridized carbons (Fsp3) is 0.615. The van der Waals surface area contributed by atoms with Gasteiger partial charge in [-0.25, -0.2) is 4.98 Å². The molecule has 5 heteroatoms. The van der Waals surface area contributed by atoms with Gasteiger partial charge in [0.1, 0.15) is 0 Å². The lowest BCUT2D eigenvalue weighted by Crippen LogP contribution is -2.38. The Morgan fingerprint density at radius 1 is 1.10 bits per heavy atom. The van der Waals surface area contributed by atoms with Crippen LogP contribution in [0.2, 0.25) is 0 Å². The average molecular weight is 426 g/mol. The Balaban J connectivity index is 2.05. The van der Waals surface area contributed by atoms with Crippen LogP contribution < -0.4 is 4.74 Å². The molecule has 0 spiro atoms. The fourth-order valence-corrected chi connectivity index (χ4v) is 4.97. The summed E-state index contributed by atoms with van der Waals surface area (Å²) in [5.41, 5.74) is 5.87. The number of aromatic nitrogens is 2. The van der Waals surface area contributed by atoms with Crippen molar-refractivity contribution in [1.82, 2.24) is 14.9 Å². The number of aliphatic hydroxyl groups is 1. The third-order valence-corrected chi connectivity index (χ3v) is 6.76. The summed E-state index contributed by atoms with van der Waals surface area (Å²) in [5, 5.41) is 9.53. The van der Waals surface area contributed by atoms with Crippen molar-refractivity contribution < 1.29 is 9.84 Å². The summed E-state index contributed by atoms with van der Waals surface area (Å²) < 4.78 is 5.88. The van der Waals surface area contributed by atoms with E-state index >= 15 is 0 Å². The summed E-state index contributed by atoms with van der Waals surface area (Å²) in [6.45, 7) is 11.0. The van der Waals surface area contributed by atoms with Crippen LogP contribution in [0.1, 0.15) is 74.9 Å². The molecule has 0 amide bonds. The first kappa shape index (κ1) is 23.7. The van der Waals surface area contributed by atoms with Crippen LogP contribution in [0.3, 0.4) is 0 Å². The molecule has 1 fully saturated rings. The first-order valence-electron chi connectivity index (χ1n) is 12.0. The van der Waals surface area contributed by atoms with Crippen molar-refractivity contribution in [2.24, 2.45) is 5.92 Å². The van der Waals surface area contributed by atoms with E-state index in [-0.39, 0.29) is 6.04 Å². The summed E-state index contributed by atoms with van der Waals surface area (Å²) >= 11 is 0. The average Bonchev–Trinajstić information content (AvgIpc) is 2.81. The zero-order valence-corrected chi connectivity index (χ0v) is 19.9. The minimum absolute atomic E-state index is 0.251. The lowest BCUT2D eigenvalue weighted by Gasteiger charge is -2.38. The molecule has 1 saturated heterocycles. The third kappa shape index (κ3) is 5.09. The molecule has 1 aliphatic rings. The molecule has 2 aromatic rings. The molecule has 1 unspecified atom stereocenters. The summed E-state index contributed by atoms with van der Waals surface area (Å²) in [7, 11) is 1.72. The topological polar surface area (TPSA) is 58.5 Å². The second kappa shape index (κ2) is 11.1. The Morgan fingerprint density at radius 3 is 2.26 bits per heavy atom. The van der Waals surface area contributed by atoms with Crippen molar-refractivity contribution in [2.45, 2.75) is 72.3 Å². The number of likely N-dealkylation sites (tertiary alicyclic amines) is 1. The molecule has 1 atom stereocenters. The molecular weight excluding hydrogens is 386 g/mol. The van der Waals surface area contributed by atoms with Crippen LogP contribution in [0.25, 0.3) is 11.4 Å². The summed E-state index contributed by atoms with van der Waals surface area (Å²) in [4.78, 5) is 12.6. The highest BCUT2D eigenvalue weighted by molar-refractivity contribution is 5.66. The lowest BCUT2D eigenvalue weighted by molar-refractivity contribution is 0.0941. The molecule has 5 nitrogen and oxygen atoms in total. The van der Waals surface area contributed by atoms with Crippen LogP contribution >= 0.6 is 0 Å². The standard InChI is InChI=1S/C26H39N3O2/c1-6-10-22(29-15-13-19(17-30)14-16-29)23-18(4)27-25(28-26(23)31-5)24-20(7-2)11-9-12-21(24)8-3/h9,11-12,19,22,30H,6-8,10,13-17H2,1-5H3. The number of methoxy groups -OCH3 is 1. The van der Waals surface area contributed by atoms with Crippen molar-refractivity contribution in [2.75, 3.05) is 26.8 Å². The summed E-state index contributed by atoms with van der Waals surface area (Å²) in [6.07, 6.45) is 6.13. The van der Waals surface area contributed by atoms with Gasteiger partial charge in [0.05, 0.1) is 18.4 Å². The molecule has 1 aliphatic heterocycles. The van der Waals surface area contributed by atoms with E-state index in [0.717, 1.165) is 74.3 Å². The molecule has 1 N–H and O–H groups in total. The molecule has 0 radical (unpaired) electrons. The van der Waals surface area contributed by atoms with Gasteiger partial charge in [0.25, 0.3) is 0 Å².